The molecule has 25 heavy (non-hydrogen) atoms. The number of urea groups is 1. The number of nitrogens with zero attached hydrogens (tertiary/aromatic N) is 1. The van der Waals surface area contributed by atoms with Gasteiger partial charge in [0.05, 0.1) is 19.6 Å². The van der Waals surface area contributed by atoms with Crippen LogP contribution < -0.4 is 5.32 Å². The molecule has 1 aliphatic rings. The zero-order valence-electron chi connectivity index (χ0n) is 14.9. The minimum absolute atomic E-state index is 0.0832. The number of methoxy groups -OCH3 is 1. The lowest BCUT2D eigenvalue weighted by molar-refractivity contribution is -0.148. The Kier molecular flexibility index (Phi) is 4.97. The molecule has 3 rings (SSSR count). The number of nitrogens with one attached hydrogen (secondary N) is 1. The van der Waals surface area contributed by atoms with Crippen molar-refractivity contribution in [2.24, 2.45) is 11.8 Å². The van der Waals surface area contributed by atoms with E-state index in [1.807, 2.05) is 38.1 Å². The van der Waals surface area contributed by atoms with E-state index >= 15 is 0 Å². The molecule has 1 fully saturated rings. The number of hydrogen-bond acceptors (Lipinski definition) is 4. The summed E-state index contributed by atoms with van der Waals surface area (Å²) in [6.07, 6.45) is 0.630. The van der Waals surface area contributed by atoms with E-state index < -0.39 is 0 Å². The number of benzene rings is 1. The second kappa shape index (κ2) is 7.17. The van der Waals surface area contributed by atoms with Gasteiger partial charge in [0, 0.05) is 24.0 Å². The van der Waals surface area contributed by atoms with Crippen molar-refractivity contribution in [1.82, 2.24) is 10.2 Å². The number of fused-ring (bicyclic) bond motifs is 1. The molecule has 2 unspecified atom stereocenters. The fraction of sp³-hybridized carbons (Fsp3) is 0.474. The lowest BCUT2D eigenvalue weighted by atomic mass is 9.87. The molecule has 6 heteroatoms. The summed E-state index contributed by atoms with van der Waals surface area (Å²) in [6.45, 7) is 5.42. The van der Waals surface area contributed by atoms with Crippen LogP contribution in [0.4, 0.5) is 4.79 Å². The maximum Gasteiger partial charge on any atom is 0.317 e. The van der Waals surface area contributed by atoms with Gasteiger partial charge in [-0.05, 0) is 25.3 Å². The zero-order chi connectivity index (χ0) is 18.0. The van der Waals surface area contributed by atoms with Gasteiger partial charge in [-0.25, -0.2) is 4.79 Å². The van der Waals surface area contributed by atoms with Crippen molar-refractivity contribution >= 4 is 23.0 Å². The predicted octanol–water partition coefficient (Wildman–Crippen LogP) is 3.08. The number of piperidine rings is 1. The number of amides is 2. The molecule has 0 radical (unpaired) electrons. The highest BCUT2D eigenvalue weighted by atomic mass is 16.5. The number of carbonyl (C=O) groups excluding carboxylic acids is 2. The average Bonchev–Trinajstić information content (AvgIpc) is 2.95. The Morgan fingerprint density at radius 1 is 1.36 bits per heavy atom. The maximum absolute atomic E-state index is 12.4. The summed E-state index contributed by atoms with van der Waals surface area (Å²) >= 11 is 0. The maximum atomic E-state index is 12.4. The number of carbonyl (C=O) groups is 2. The molecule has 2 amide bonds. The Labute approximate surface area is 147 Å². The predicted molar refractivity (Wildman–Crippen MR) is 94.0 cm³/mol. The van der Waals surface area contributed by atoms with Gasteiger partial charge in [0.1, 0.15) is 11.3 Å². The van der Waals surface area contributed by atoms with E-state index in [0.717, 1.165) is 22.3 Å². The van der Waals surface area contributed by atoms with Gasteiger partial charge in [0.25, 0.3) is 0 Å². The van der Waals surface area contributed by atoms with Crippen molar-refractivity contribution in [2.45, 2.75) is 26.8 Å². The van der Waals surface area contributed by atoms with Crippen LogP contribution in [0.2, 0.25) is 0 Å². The van der Waals surface area contributed by atoms with Crippen LogP contribution in [0.25, 0.3) is 11.0 Å². The van der Waals surface area contributed by atoms with Crippen LogP contribution in [0.5, 0.6) is 0 Å². The third-order valence-corrected chi connectivity index (χ3v) is 5.04. The minimum Gasteiger partial charge on any atom is -0.469 e. The van der Waals surface area contributed by atoms with Gasteiger partial charge in [-0.2, -0.15) is 0 Å². The van der Waals surface area contributed by atoms with Crippen molar-refractivity contribution in [2.75, 3.05) is 20.2 Å². The molecule has 1 N–H and O–H groups in total. The van der Waals surface area contributed by atoms with Crippen LogP contribution in [0.15, 0.2) is 28.7 Å². The summed E-state index contributed by atoms with van der Waals surface area (Å²) in [7, 11) is 1.41. The number of ether oxygens (including phenoxy) is 1. The number of aryl methyl sites for hydroxylation is 1. The molecule has 134 valence electrons. The van der Waals surface area contributed by atoms with Crippen LogP contribution in [-0.4, -0.2) is 37.1 Å². The first-order valence-electron chi connectivity index (χ1n) is 8.59. The fourth-order valence-electron chi connectivity index (χ4n) is 3.49. The molecular formula is C19H24N2O4. The summed E-state index contributed by atoms with van der Waals surface area (Å²) in [5.74, 6) is 0.532. The van der Waals surface area contributed by atoms with Crippen LogP contribution in [0.1, 0.15) is 24.7 Å². The molecule has 1 aliphatic heterocycles. The van der Waals surface area contributed by atoms with Gasteiger partial charge in [-0.3, -0.25) is 4.79 Å². The number of hydrogen-bond donors (Lipinski definition) is 1. The average molecular weight is 344 g/mol. The van der Waals surface area contributed by atoms with E-state index in [0.29, 0.717) is 26.1 Å². The van der Waals surface area contributed by atoms with Crippen LogP contribution in [0, 0.1) is 18.8 Å². The van der Waals surface area contributed by atoms with Crippen molar-refractivity contribution in [3.63, 3.8) is 0 Å². The monoisotopic (exact) mass is 344 g/mol. The van der Waals surface area contributed by atoms with Crippen molar-refractivity contribution in [1.29, 1.82) is 0 Å². The quantitative estimate of drug-likeness (QED) is 0.869. The van der Waals surface area contributed by atoms with Crippen LogP contribution in [0.3, 0.4) is 0 Å². The Bertz CT molecular complexity index is 783. The van der Waals surface area contributed by atoms with Crippen molar-refractivity contribution in [3.05, 3.63) is 35.6 Å². The van der Waals surface area contributed by atoms with E-state index in [2.05, 4.69) is 5.32 Å². The second-order valence-corrected chi connectivity index (χ2v) is 6.65. The Balaban J connectivity index is 1.59. The molecular weight excluding hydrogens is 320 g/mol. The standard InChI is InChI=1S/C19H24N2O4/c1-12-11-21(9-8-14(12)18(22)24-3)19(23)20-10-17-13(2)15-6-4-5-7-16(15)25-17/h4-7,12,14H,8-11H2,1-3H3,(H,20,23). The van der Waals surface area contributed by atoms with Crippen molar-refractivity contribution < 1.29 is 18.7 Å². The number of likely N-dealkylation sites (tertiary alicyclic amines) is 1. The highest BCUT2D eigenvalue weighted by Gasteiger charge is 2.33. The summed E-state index contributed by atoms with van der Waals surface area (Å²) < 4.78 is 10.7. The lowest BCUT2D eigenvalue weighted by Gasteiger charge is -2.35. The molecule has 0 aliphatic carbocycles. The van der Waals surface area contributed by atoms with Gasteiger partial charge < -0.3 is 19.4 Å². The summed E-state index contributed by atoms with van der Waals surface area (Å²) in [4.78, 5) is 25.9. The SMILES string of the molecule is COC(=O)C1CCN(C(=O)NCc2oc3ccccc3c2C)CC1C. The first-order valence-corrected chi connectivity index (χ1v) is 8.59. The third kappa shape index (κ3) is 3.48. The van der Waals surface area contributed by atoms with Gasteiger partial charge >= 0.3 is 12.0 Å². The van der Waals surface area contributed by atoms with Gasteiger partial charge in [-0.15, -0.1) is 0 Å². The minimum atomic E-state index is -0.189. The van der Waals surface area contributed by atoms with E-state index in [-0.39, 0.29) is 23.8 Å². The van der Waals surface area contributed by atoms with Gasteiger partial charge in [-0.1, -0.05) is 25.1 Å². The summed E-state index contributed by atoms with van der Waals surface area (Å²) in [6, 6.07) is 7.71. The van der Waals surface area contributed by atoms with E-state index in [1.54, 1.807) is 4.90 Å². The van der Waals surface area contributed by atoms with Gasteiger partial charge in [0.15, 0.2) is 0 Å². The van der Waals surface area contributed by atoms with E-state index in [4.69, 9.17) is 9.15 Å². The molecule has 6 nitrogen and oxygen atoms in total. The zero-order valence-corrected chi connectivity index (χ0v) is 14.9. The first kappa shape index (κ1) is 17.3. The third-order valence-electron chi connectivity index (χ3n) is 5.04. The second-order valence-electron chi connectivity index (χ2n) is 6.65. The molecule has 1 saturated heterocycles. The molecule has 1 aromatic heterocycles. The lowest BCUT2D eigenvalue weighted by Crippen LogP contribution is -2.48. The molecule has 2 heterocycles. The Morgan fingerprint density at radius 2 is 2.12 bits per heavy atom. The number of para-hydroxylation sites is 1. The van der Waals surface area contributed by atoms with Crippen LogP contribution >= 0.6 is 0 Å². The molecule has 1 aromatic carbocycles. The van der Waals surface area contributed by atoms with Crippen LogP contribution in [-0.2, 0) is 16.1 Å². The number of rotatable bonds is 3. The fourth-order valence-corrected chi connectivity index (χ4v) is 3.49. The molecule has 2 atom stereocenters. The Morgan fingerprint density at radius 3 is 2.80 bits per heavy atom. The highest BCUT2D eigenvalue weighted by molar-refractivity contribution is 5.82. The number of furan rings is 1. The van der Waals surface area contributed by atoms with Crippen molar-refractivity contribution in [3.8, 4) is 0 Å². The van der Waals surface area contributed by atoms with Gasteiger partial charge in [0.2, 0.25) is 0 Å². The number of esters is 1. The molecule has 0 saturated carbocycles. The Hall–Kier alpha value is -2.50. The first-order chi connectivity index (χ1) is 12.0. The van der Waals surface area contributed by atoms with E-state index in [1.165, 1.54) is 7.11 Å². The largest absolute Gasteiger partial charge is 0.469 e. The molecule has 0 spiro atoms. The molecule has 2 aromatic rings. The normalized spacial score (nSPS) is 20.5. The topological polar surface area (TPSA) is 71.8 Å². The molecule has 0 bridgehead atoms. The smallest absolute Gasteiger partial charge is 0.317 e. The van der Waals surface area contributed by atoms with E-state index in [9.17, 15) is 9.59 Å². The summed E-state index contributed by atoms with van der Waals surface area (Å²) in [5, 5.41) is 3.99. The summed E-state index contributed by atoms with van der Waals surface area (Å²) in [5.41, 5.74) is 1.88. The highest BCUT2D eigenvalue weighted by Crippen LogP contribution is 2.26.